The summed E-state index contributed by atoms with van der Waals surface area (Å²) in [5, 5.41) is 0. The van der Waals surface area contributed by atoms with Gasteiger partial charge in [0.2, 0.25) is 0 Å². The fourth-order valence-corrected chi connectivity index (χ4v) is 5.11. The van der Waals surface area contributed by atoms with Crippen LogP contribution in [0.5, 0.6) is 0 Å². The SMILES string of the molecule is c1ccc(CCCN2CCC[C@]23CCCN(Cc2ccccc2)C3)cc1. The minimum absolute atomic E-state index is 0.448. The highest BCUT2D eigenvalue weighted by Crippen LogP contribution is 2.37. The molecule has 2 heterocycles. The molecule has 2 saturated heterocycles. The van der Waals surface area contributed by atoms with Gasteiger partial charge < -0.3 is 0 Å². The minimum atomic E-state index is 0.448. The molecule has 0 unspecified atom stereocenters. The Bertz CT molecular complexity index is 669. The number of piperidine rings is 1. The number of rotatable bonds is 6. The molecule has 2 nitrogen and oxygen atoms in total. The monoisotopic (exact) mass is 348 g/mol. The Morgan fingerprint density at radius 2 is 1.42 bits per heavy atom. The van der Waals surface area contributed by atoms with Gasteiger partial charge >= 0.3 is 0 Å². The lowest BCUT2D eigenvalue weighted by Gasteiger charge is -2.46. The van der Waals surface area contributed by atoms with Crippen LogP contribution >= 0.6 is 0 Å². The summed E-state index contributed by atoms with van der Waals surface area (Å²) in [7, 11) is 0. The third-order valence-corrected chi connectivity index (χ3v) is 6.36. The minimum Gasteiger partial charge on any atom is -0.297 e. The molecule has 1 atom stereocenters. The number of hydrogen-bond donors (Lipinski definition) is 0. The van der Waals surface area contributed by atoms with E-state index in [0.29, 0.717) is 5.54 Å². The Kier molecular flexibility index (Phi) is 5.72. The molecule has 2 fully saturated rings. The summed E-state index contributed by atoms with van der Waals surface area (Å²) in [5.41, 5.74) is 3.39. The highest BCUT2D eigenvalue weighted by Gasteiger charge is 2.43. The quantitative estimate of drug-likeness (QED) is 0.743. The Morgan fingerprint density at radius 3 is 2.15 bits per heavy atom. The van der Waals surface area contributed by atoms with Gasteiger partial charge in [0.25, 0.3) is 0 Å². The maximum atomic E-state index is 2.84. The molecule has 0 N–H and O–H groups in total. The van der Waals surface area contributed by atoms with Crippen LogP contribution in [0.1, 0.15) is 43.2 Å². The van der Waals surface area contributed by atoms with Crippen LogP contribution in [-0.4, -0.2) is 41.5 Å². The molecule has 2 aliphatic rings. The van der Waals surface area contributed by atoms with Gasteiger partial charge in [0, 0.05) is 18.6 Å². The van der Waals surface area contributed by atoms with Crippen molar-refractivity contribution in [2.24, 2.45) is 0 Å². The maximum absolute atomic E-state index is 2.84. The molecule has 0 radical (unpaired) electrons. The molecule has 0 bridgehead atoms. The van der Waals surface area contributed by atoms with E-state index in [1.807, 2.05) is 0 Å². The van der Waals surface area contributed by atoms with Crippen molar-refractivity contribution in [1.29, 1.82) is 0 Å². The van der Waals surface area contributed by atoms with E-state index in [0.717, 1.165) is 6.54 Å². The first-order valence-corrected chi connectivity index (χ1v) is 10.4. The van der Waals surface area contributed by atoms with E-state index in [2.05, 4.69) is 70.5 Å². The zero-order valence-corrected chi connectivity index (χ0v) is 15.9. The second kappa shape index (κ2) is 8.37. The molecule has 1 spiro atoms. The largest absolute Gasteiger partial charge is 0.297 e. The summed E-state index contributed by atoms with van der Waals surface area (Å²) in [6.45, 7) is 6.18. The molecule has 26 heavy (non-hydrogen) atoms. The summed E-state index contributed by atoms with van der Waals surface area (Å²) in [6.07, 6.45) is 8.01. The molecule has 138 valence electrons. The normalized spacial score (nSPS) is 24.3. The van der Waals surface area contributed by atoms with Gasteiger partial charge in [0.05, 0.1) is 0 Å². The van der Waals surface area contributed by atoms with Gasteiger partial charge in [-0.15, -0.1) is 0 Å². The zero-order valence-electron chi connectivity index (χ0n) is 15.9. The van der Waals surface area contributed by atoms with E-state index < -0.39 is 0 Å². The number of aryl methyl sites for hydroxylation is 1. The van der Waals surface area contributed by atoms with Crippen molar-refractivity contribution >= 4 is 0 Å². The number of likely N-dealkylation sites (tertiary alicyclic amines) is 2. The fraction of sp³-hybridized carbons (Fsp3) is 0.500. The molecule has 0 aliphatic carbocycles. The van der Waals surface area contributed by atoms with Crippen LogP contribution < -0.4 is 0 Å². The smallest absolute Gasteiger partial charge is 0.0337 e. The lowest BCUT2D eigenvalue weighted by Crippen LogP contribution is -2.55. The van der Waals surface area contributed by atoms with Crippen LogP contribution in [0.2, 0.25) is 0 Å². The Balaban J connectivity index is 1.34. The highest BCUT2D eigenvalue weighted by atomic mass is 15.3. The van der Waals surface area contributed by atoms with Gasteiger partial charge in [0.1, 0.15) is 0 Å². The molecule has 2 heteroatoms. The Morgan fingerprint density at radius 1 is 0.769 bits per heavy atom. The molecule has 2 aliphatic heterocycles. The Hall–Kier alpha value is -1.64. The van der Waals surface area contributed by atoms with Crippen molar-refractivity contribution in [3.05, 3.63) is 71.8 Å². The van der Waals surface area contributed by atoms with Crippen LogP contribution in [-0.2, 0) is 13.0 Å². The Labute approximate surface area is 158 Å². The average molecular weight is 349 g/mol. The van der Waals surface area contributed by atoms with Gasteiger partial charge in [0.15, 0.2) is 0 Å². The van der Waals surface area contributed by atoms with Crippen molar-refractivity contribution in [3.63, 3.8) is 0 Å². The van der Waals surface area contributed by atoms with Crippen LogP contribution in [0.4, 0.5) is 0 Å². The lowest BCUT2D eigenvalue weighted by atomic mass is 9.86. The number of benzene rings is 2. The van der Waals surface area contributed by atoms with E-state index in [-0.39, 0.29) is 0 Å². The third-order valence-electron chi connectivity index (χ3n) is 6.36. The summed E-state index contributed by atoms with van der Waals surface area (Å²) in [6, 6.07) is 22.0. The van der Waals surface area contributed by atoms with Crippen molar-refractivity contribution in [2.45, 2.75) is 50.6 Å². The van der Waals surface area contributed by atoms with E-state index >= 15 is 0 Å². The first kappa shape index (κ1) is 17.8. The van der Waals surface area contributed by atoms with E-state index in [1.54, 1.807) is 0 Å². The van der Waals surface area contributed by atoms with Crippen molar-refractivity contribution in [2.75, 3.05) is 26.2 Å². The van der Waals surface area contributed by atoms with Gasteiger partial charge in [-0.3, -0.25) is 9.80 Å². The fourth-order valence-electron chi connectivity index (χ4n) is 5.11. The van der Waals surface area contributed by atoms with Crippen molar-refractivity contribution < 1.29 is 0 Å². The summed E-state index contributed by atoms with van der Waals surface area (Å²) in [5.74, 6) is 0. The molecule has 0 saturated carbocycles. The van der Waals surface area contributed by atoms with Gasteiger partial charge in [-0.2, -0.15) is 0 Å². The van der Waals surface area contributed by atoms with Crippen LogP contribution in [0, 0.1) is 0 Å². The van der Waals surface area contributed by atoms with Crippen LogP contribution in [0.25, 0.3) is 0 Å². The van der Waals surface area contributed by atoms with Crippen LogP contribution in [0.15, 0.2) is 60.7 Å². The predicted octanol–water partition coefficient (Wildman–Crippen LogP) is 4.75. The lowest BCUT2D eigenvalue weighted by molar-refractivity contribution is 0.0371. The molecular formula is C24H32N2. The first-order chi connectivity index (χ1) is 12.8. The van der Waals surface area contributed by atoms with Crippen molar-refractivity contribution in [1.82, 2.24) is 9.80 Å². The second-order valence-corrected chi connectivity index (χ2v) is 8.20. The summed E-state index contributed by atoms with van der Waals surface area (Å²) in [4.78, 5) is 5.54. The van der Waals surface area contributed by atoms with E-state index in [1.165, 1.54) is 75.8 Å². The maximum Gasteiger partial charge on any atom is 0.0337 e. The molecule has 0 amide bonds. The predicted molar refractivity (Wildman–Crippen MR) is 109 cm³/mol. The summed E-state index contributed by atoms with van der Waals surface area (Å²) >= 11 is 0. The first-order valence-electron chi connectivity index (χ1n) is 10.4. The van der Waals surface area contributed by atoms with Gasteiger partial charge in [-0.1, -0.05) is 60.7 Å². The molecule has 4 rings (SSSR count). The van der Waals surface area contributed by atoms with Gasteiger partial charge in [-0.25, -0.2) is 0 Å². The van der Waals surface area contributed by atoms with Gasteiger partial charge in [-0.05, 0) is 69.3 Å². The zero-order chi connectivity index (χ0) is 17.7. The third kappa shape index (κ3) is 4.19. The van der Waals surface area contributed by atoms with Crippen molar-refractivity contribution in [3.8, 4) is 0 Å². The molecule has 2 aromatic carbocycles. The number of nitrogens with zero attached hydrogens (tertiary/aromatic N) is 2. The molecule has 0 aromatic heterocycles. The highest BCUT2D eigenvalue weighted by molar-refractivity contribution is 5.16. The van der Waals surface area contributed by atoms with Crippen LogP contribution in [0.3, 0.4) is 0 Å². The molecule has 2 aromatic rings. The van der Waals surface area contributed by atoms with E-state index in [4.69, 9.17) is 0 Å². The second-order valence-electron chi connectivity index (χ2n) is 8.20. The van der Waals surface area contributed by atoms with E-state index in [9.17, 15) is 0 Å². The standard InChI is InChI=1S/C24H32N2/c1-3-10-22(11-4-1)14-7-18-26-19-9-16-24(26)15-8-17-25(21-24)20-23-12-5-2-6-13-23/h1-6,10-13H,7-9,14-21H2/t24-/m0/s1. The topological polar surface area (TPSA) is 6.48 Å². The summed E-state index contributed by atoms with van der Waals surface area (Å²) < 4.78 is 0. The number of hydrogen-bond acceptors (Lipinski definition) is 2. The average Bonchev–Trinajstić information content (AvgIpc) is 3.05. The molecular weight excluding hydrogens is 316 g/mol.